The number of aromatic hydroxyl groups is 1. The Hall–Kier alpha value is -4.58. The highest BCUT2D eigenvalue weighted by atomic mass is 16.5. The van der Waals surface area contributed by atoms with Crippen molar-refractivity contribution in [2.75, 3.05) is 21.3 Å². The Labute approximate surface area is 227 Å². The van der Waals surface area contributed by atoms with Gasteiger partial charge in [0.05, 0.1) is 43.4 Å². The molecular formula is C33H32N2O4. The Bertz CT molecular complexity index is 1840. The average Bonchev–Trinajstić information content (AvgIpc) is 3.47. The molecule has 0 saturated heterocycles. The number of hydrogen-bond acceptors (Lipinski definition) is 4. The van der Waals surface area contributed by atoms with Crippen LogP contribution in [0.3, 0.4) is 0 Å². The summed E-state index contributed by atoms with van der Waals surface area (Å²) >= 11 is 0. The molecule has 1 N–H and O–H groups in total. The highest BCUT2D eigenvalue weighted by Gasteiger charge is 2.20. The lowest BCUT2D eigenvalue weighted by molar-refractivity contribution is 0.394. The van der Waals surface area contributed by atoms with E-state index in [2.05, 4.69) is 59.4 Å². The number of hydrogen-bond donors (Lipinski definition) is 1. The smallest absolute Gasteiger partial charge is 0.123 e. The highest BCUT2D eigenvalue weighted by Crippen LogP contribution is 2.41. The molecule has 2 heterocycles. The molecule has 0 amide bonds. The van der Waals surface area contributed by atoms with Crippen LogP contribution in [0.5, 0.6) is 23.0 Å². The Morgan fingerprint density at radius 2 is 0.974 bits per heavy atom. The van der Waals surface area contributed by atoms with E-state index in [-0.39, 0.29) is 5.75 Å². The second-order valence-corrected chi connectivity index (χ2v) is 9.67. The molecule has 6 aromatic rings. The molecule has 6 rings (SSSR count). The van der Waals surface area contributed by atoms with Crippen molar-refractivity contribution in [1.82, 2.24) is 9.13 Å². The van der Waals surface area contributed by atoms with Crippen molar-refractivity contribution >= 4 is 32.8 Å². The molecule has 39 heavy (non-hydrogen) atoms. The SMILES string of the molecule is CCn1c2cc(-c3cc(O)cc(OC)c3)ccc2c2c1c1ccc(-c3cc(OC)cc(OC)c3)cc1n2CC. The van der Waals surface area contributed by atoms with Crippen LogP contribution in [0, 0.1) is 0 Å². The van der Waals surface area contributed by atoms with E-state index in [0.29, 0.717) is 5.75 Å². The fourth-order valence-corrected chi connectivity index (χ4v) is 5.81. The molecule has 0 atom stereocenters. The molecule has 0 aliphatic heterocycles. The first kappa shape index (κ1) is 24.7. The Morgan fingerprint density at radius 3 is 1.41 bits per heavy atom. The van der Waals surface area contributed by atoms with Crippen molar-refractivity contribution in [3.63, 3.8) is 0 Å². The molecule has 198 valence electrons. The van der Waals surface area contributed by atoms with Crippen LogP contribution in [-0.4, -0.2) is 35.6 Å². The molecule has 0 radical (unpaired) electrons. The third-order valence-corrected chi connectivity index (χ3v) is 7.63. The third kappa shape index (κ3) is 3.95. The number of ether oxygens (including phenoxy) is 3. The van der Waals surface area contributed by atoms with Gasteiger partial charge < -0.3 is 28.5 Å². The van der Waals surface area contributed by atoms with Gasteiger partial charge in [0.2, 0.25) is 0 Å². The van der Waals surface area contributed by atoms with Crippen LogP contribution in [0.25, 0.3) is 55.1 Å². The summed E-state index contributed by atoms with van der Waals surface area (Å²) in [6, 6.07) is 24.6. The first-order valence-corrected chi connectivity index (χ1v) is 13.2. The quantitative estimate of drug-likeness (QED) is 0.233. The standard InChI is InChI=1S/C33H32N2O4/c1-6-34-30-16-20(22-12-24(36)18-25(13-22)37-3)8-10-28(30)32-33(34)29-11-9-21(17-31(29)35(32)7-2)23-14-26(38-4)19-27(15-23)39-5/h8-19,36H,6-7H2,1-5H3. The Balaban J connectivity index is 1.59. The molecule has 0 bridgehead atoms. The third-order valence-electron chi connectivity index (χ3n) is 7.63. The Kier molecular flexibility index (Phi) is 6.10. The number of aromatic nitrogens is 2. The zero-order valence-corrected chi connectivity index (χ0v) is 22.9. The maximum atomic E-state index is 10.2. The molecule has 0 unspecified atom stereocenters. The monoisotopic (exact) mass is 520 g/mol. The molecule has 2 aromatic heterocycles. The highest BCUT2D eigenvalue weighted by molar-refractivity contribution is 6.19. The summed E-state index contributed by atoms with van der Waals surface area (Å²) in [6.45, 7) is 6.07. The predicted molar refractivity (Wildman–Crippen MR) is 158 cm³/mol. The van der Waals surface area contributed by atoms with Crippen molar-refractivity contribution in [3.8, 4) is 45.3 Å². The summed E-state index contributed by atoms with van der Waals surface area (Å²) in [6.07, 6.45) is 0. The number of aryl methyl sites for hydroxylation is 2. The van der Waals surface area contributed by atoms with E-state index in [1.165, 1.54) is 32.8 Å². The van der Waals surface area contributed by atoms with Gasteiger partial charge in [0.15, 0.2) is 0 Å². The zero-order chi connectivity index (χ0) is 27.3. The van der Waals surface area contributed by atoms with Gasteiger partial charge in [-0.1, -0.05) is 24.3 Å². The second-order valence-electron chi connectivity index (χ2n) is 9.67. The zero-order valence-electron chi connectivity index (χ0n) is 22.9. The van der Waals surface area contributed by atoms with Gasteiger partial charge in [0, 0.05) is 36.0 Å². The Morgan fingerprint density at radius 1 is 0.538 bits per heavy atom. The largest absolute Gasteiger partial charge is 0.508 e. The topological polar surface area (TPSA) is 57.8 Å². The van der Waals surface area contributed by atoms with Crippen molar-refractivity contribution in [2.45, 2.75) is 26.9 Å². The molecule has 0 aliphatic carbocycles. The van der Waals surface area contributed by atoms with Crippen LogP contribution < -0.4 is 14.2 Å². The fourth-order valence-electron chi connectivity index (χ4n) is 5.81. The van der Waals surface area contributed by atoms with Crippen molar-refractivity contribution in [3.05, 3.63) is 72.8 Å². The molecular weight excluding hydrogens is 488 g/mol. The lowest BCUT2D eigenvalue weighted by atomic mass is 10.0. The molecule has 4 aromatic carbocycles. The van der Waals surface area contributed by atoms with Crippen LogP contribution >= 0.6 is 0 Å². The summed E-state index contributed by atoms with van der Waals surface area (Å²) in [5, 5.41) is 12.7. The maximum absolute atomic E-state index is 10.2. The van der Waals surface area contributed by atoms with Crippen molar-refractivity contribution in [2.24, 2.45) is 0 Å². The van der Waals surface area contributed by atoms with Gasteiger partial charge in [0.25, 0.3) is 0 Å². The van der Waals surface area contributed by atoms with Crippen molar-refractivity contribution < 1.29 is 19.3 Å². The van der Waals surface area contributed by atoms with Crippen LogP contribution in [0.2, 0.25) is 0 Å². The van der Waals surface area contributed by atoms with E-state index in [9.17, 15) is 5.11 Å². The van der Waals surface area contributed by atoms with Crippen LogP contribution in [0.1, 0.15) is 13.8 Å². The van der Waals surface area contributed by atoms with Gasteiger partial charge in [-0.25, -0.2) is 0 Å². The predicted octanol–water partition coefficient (Wildman–Crippen LogP) is 7.85. The van der Waals surface area contributed by atoms with E-state index in [1.54, 1.807) is 33.5 Å². The number of phenols is 1. The molecule has 0 fully saturated rings. The number of rotatable bonds is 7. The second kappa shape index (κ2) is 9.62. The number of fused-ring (bicyclic) bond motifs is 5. The number of nitrogens with zero attached hydrogens (tertiary/aromatic N) is 2. The minimum absolute atomic E-state index is 0.188. The van der Waals surface area contributed by atoms with Gasteiger partial charge in [-0.3, -0.25) is 0 Å². The van der Waals surface area contributed by atoms with Crippen molar-refractivity contribution in [1.29, 1.82) is 0 Å². The summed E-state index contributed by atoms with van der Waals surface area (Å²) in [5.74, 6) is 2.36. The molecule has 0 aliphatic rings. The fraction of sp³-hybridized carbons (Fsp3) is 0.212. The van der Waals surface area contributed by atoms with E-state index in [1.807, 2.05) is 24.3 Å². The van der Waals surface area contributed by atoms with Gasteiger partial charge >= 0.3 is 0 Å². The summed E-state index contributed by atoms with van der Waals surface area (Å²) in [4.78, 5) is 0. The normalized spacial score (nSPS) is 11.5. The molecule has 0 saturated carbocycles. The molecule has 6 heteroatoms. The summed E-state index contributed by atoms with van der Waals surface area (Å²) in [5.41, 5.74) is 8.98. The summed E-state index contributed by atoms with van der Waals surface area (Å²) in [7, 11) is 4.96. The van der Waals surface area contributed by atoms with Crippen LogP contribution in [-0.2, 0) is 13.1 Å². The van der Waals surface area contributed by atoms with E-state index < -0.39 is 0 Å². The van der Waals surface area contributed by atoms with Gasteiger partial charge in [0.1, 0.15) is 23.0 Å². The van der Waals surface area contributed by atoms with Crippen LogP contribution in [0.4, 0.5) is 0 Å². The van der Waals surface area contributed by atoms with Gasteiger partial charge in [-0.2, -0.15) is 0 Å². The number of methoxy groups -OCH3 is 3. The van der Waals surface area contributed by atoms with E-state index >= 15 is 0 Å². The lowest BCUT2D eigenvalue weighted by Crippen LogP contribution is -1.95. The first-order chi connectivity index (χ1) is 19.0. The maximum Gasteiger partial charge on any atom is 0.123 e. The van der Waals surface area contributed by atoms with Crippen LogP contribution in [0.15, 0.2) is 72.8 Å². The minimum Gasteiger partial charge on any atom is -0.508 e. The molecule has 0 spiro atoms. The minimum atomic E-state index is 0.188. The number of phenolic OH excluding ortho intramolecular Hbond substituents is 1. The van der Waals surface area contributed by atoms with E-state index in [0.717, 1.165) is 46.8 Å². The lowest BCUT2D eigenvalue weighted by Gasteiger charge is -2.11. The van der Waals surface area contributed by atoms with E-state index in [4.69, 9.17) is 14.2 Å². The van der Waals surface area contributed by atoms with Gasteiger partial charge in [-0.05, 0) is 72.5 Å². The first-order valence-electron chi connectivity index (χ1n) is 13.2. The number of benzene rings is 4. The average molecular weight is 521 g/mol. The van der Waals surface area contributed by atoms with Gasteiger partial charge in [-0.15, -0.1) is 0 Å². The summed E-state index contributed by atoms with van der Waals surface area (Å²) < 4.78 is 21.2. The molecule has 6 nitrogen and oxygen atoms in total.